The third-order valence-electron chi connectivity index (χ3n) is 6.03. The first-order chi connectivity index (χ1) is 15.8. The van der Waals surface area contributed by atoms with Crippen LogP contribution in [0, 0.1) is 6.92 Å². The lowest BCUT2D eigenvalue weighted by Crippen LogP contribution is -2.20. The smallest absolute Gasteiger partial charge is 0.420 e. The number of fused-ring (bicyclic) bond motifs is 1. The van der Waals surface area contributed by atoms with Crippen LogP contribution < -0.4 is 5.56 Å². The molecule has 5 rings (SSSR count). The van der Waals surface area contributed by atoms with E-state index < -0.39 is 17.4 Å². The van der Waals surface area contributed by atoms with Crippen molar-refractivity contribution in [3.8, 4) is 22.6 Å². The van der Waals surface area contributed by atoms with Crippen molar-refractivity contribution >= 4 is 5.65 Å². The van der Waals surface area contributed by atoms with Crippen LogP contribution >= 0.6 is 0 Å². The zero-order valence-corrected chi connectivity index (χ0v) is 17.8. The van der Waals surface area contributed by atoms with Crippen molar-refractivity contribution in [1.29, 1.82) is 0 Å². The quantitative estimate of drug-likeness (QED) is 0.487. The number of aromatic amines is 1. The molecule has 172 valence electrons. The third-order valence-corrected chi connectivity index (χ3v) is 6.03. The highest BCUT2D eigenvalue weighted by Gasteiger charge is 2.39. The molecule has 33 heavy (non-hydrogen) atoms. The summed E-state index contributed by atoms with van der Waals surface area (Å²) in [6.45, 7) is 1.53. The fraction of sp³-hybridized carbons (Fsp3) is 0.364. The molecule has 0 bridgehead atoms. The third kappa shape index (κ3) is 3.52. The van der Waals surface area contributed by atoms with Crippen LogP contribution in [0.5, 0.6) is 0 Å². The van der Waals surface area contributed by atoms with Crippen LogP contribution in [-0.2, 0) is 10.9 Å². The number of hydrogen-bond donors (Lipinski definition) is 1. The Kier molecular flexibility index (Phi) is 5.08. The number of benzene rings is 1. The largest absolute Gasteiger partial charge is 0.433 e. The predicted octanol–water partition coefficient (Wildman–Crippen LogP) is 4.35. The van der Waals surface area contributed by atoms with E-state index in [1.165, 1.54) is 19.1 Å². The number of rotatable bonds is 4. The first-order valence-corrected chi connectivity index (χ1v) is 10.4. The number of ether oxygens (including phenoxy) is 1. The van der Waals surface area contributed by atoms with Crippen LogP contribution in [0.15, 0.2) is 39.5 Å². The monoisotopic (exact) mass is 459 g/mol. The molecule has 1 saturated carbocycles. The normalized spacial score (nSPS) is 18.9. The highest BCUT2D eigenvalue weighted by atomic mass is 19.4. The summed E-state index contributed by atoms with van der Waals surface area (Å²) in [5, 5.41) is 10.3. The number of halogens is 3. The van der Waals surface area contributed by atoms with Gasteiger partial charge in [0.25, 0.3) is 11.4 Å². The summed E-state index contributed by atoms with van der Waals surface area (Å²) in [5.41, 5.74) is -1.72. The average Bonchev–Trinajstić information content (AvgIpc) is 3.51. The zero-order valence-electron chi connectivity index (χ0n) is 17.8. The molecule has 1 fully saturated rings. The van der Waals surface area contributed by atoms with Gasteiger partial charge in [-0.3, -0.25) is 9.89 Å². The van der Waals surface area contributed by atoms with Crippen LogP contribution in [-0.4, -0.2) is 38.0 Å². The van der Waals surface area contributed by atoms with E-state index in [9.17, 15) is 18.0 Å². The Morgan fingerprint density at radius 2 is 1.91 bits per heavy atom. The lowest BCUT2D eigenvalue weighted by atomic mass is 10.1. The maximum Gasteiger partial charge on any atom is 0.433 e. The Morgan fingerprint density at radius 1 is 1.15 bits per heavy atom. The van der Waals surface area contributed by atoms with Crippen molar-refractivity contribution in [3.63, 3.8) is 0 Å². The molecule has 0 amide bonds. The van der Waals surface area contributed by atoms with E-state index in [0.717, 1.165) is 23.8 Å². The molecule has 4 aromatic rings. The molecular weight excluding hydrogens is 439 g/mol. The molecule has 3 aromatic heterocycles. The van der Waals surface area contributed by atoms with Gasteiger partial charge >= 0.3 is 6.18 Å². The van der Waals surface area contributed by atoms with E-state index in [4.69, 9.17) is 9.15 Å². The summed E-state index contributed by atoms with van der Waals surface area (Å²) in [7, 11) is 1.61. The molecule has 3 heterocycles. The lowest BCUT2D eigenvalue weighted by molar-refractivity contribution is -0.140. The van der Waals surface area contributed by atoms with Crippen LogP contribution in [0.4, 0.5) is 13.2 Å². The van der Waals surface area contributed by atoms with Crippen LogP contribution in [0.1, 0.15) is 42.5 Å². The van der Waals surface area contributed by atoms with Gasteiger partial charge in [0.05, 0.1) is 23.3 Å². The van der Waals surface area contributed by atoms with Gasteiger partial charge < -0.3 is 9.15 Å². The molecule has 1 unspecified atom stereocenters. The summed E-state index contributed by atoms with van der Waals surface area (Å²) in [6, 6.07) is 8.00. The molecule has 1 aliphatic rings. The first kappa shape index (κ1) is 21.4. The Morgan fingerprint density at radius 3 is 2.61 bits per heavy atom. The second-order valence-electron chi connectivity index (χ2n) is 8.02. The lowest BCUT2D eigenvalue weighted by Gasteiger charge is -2.13. The molecule has 2 atom stereocenters. The number of aromatic nitrogens is 5. The minimum absolute atomic E-state index is 0.0483. The number of nitrogens with one attached hydrogen (secondary N) is 1. The molecule has 8 nitrogen and oxygen atoms in total. The second kappa shape index (κ2) is 7.84. The Balaban J connectivity index is 1.69. The zero-order chi connectivity index (χ0) is 23.3. The summed E-state index contributed by atoms with van der Waals surface area (Å²) >= 11 is 0. The van der Waals surface area contributed by atoms with Gasteiger partial charge in [-0.15, -0.1) is 10.2 Å². The molecule has 1 N–H and O–H groups in total. The minimum atomic E-state index is -4.73. The summed E-state index contributed by atoms with van der Waals surface area (Å²) in [6.07, 6.45) is -2.18. The van der Waals surface area contributed by atoms with Gasteiger partial charge in [0.15, 0.2) is 5.65 Å². The number of hydrogen-bond acceptors (Lipinski definition) is 6. The van der Waals surface area contributed by atoms with Gasteiger partial charge in [-0.2, -0.15) is 17.7 Å². The van der Waals surface area contributed by atoms with Crippen LogP contribution in [0.3, 0.4) is 0 Å². The molecule has 0 spiro atoms. The van der Waals surface area contributed by atoms with E-state index in [0.29, 0.717) is 5.89 Å². The molecule has 1 aromatic carbocycles. The maximum atomic E-state index is 13.8. The number of alkyl halides is 3. The van der Waals surface area contributed by atoms with Crippen LogP contribution in [0.25, 0.3) is 28.2 Å². The summed E-state index contributed by atoms with van der Waals surface area (Å²) in [5.74, 6) is 0.161. The molecule has 1 aliphatic carbocycles. The standard InChI is InChI=1S/C22H20F3N5O3/c1-11-15(20-28-27-19(33-20)13-9-6-10-14(13)32-2)21(31)30-18(26-11)16(12-7-4-3-5-8-12)17(29-30)22(23,24)25/h3-5,7-8,13-14,29H,6,9-10H2,1-2H3/t13?,14-/m0/s1. The second-order valence-corrected chi connectivity index (χ2v) is 8.02. The Hall–Kier alpha value is -3.47. The molecule has 0 saturated heterocycles. The minimum Gasteiger partial charge on any atom is -0.420 e. The van der Waals surface area contributed by atoms with E-state index in [2.05, 4.69) is 20.3 Å². The predicted molar refractivity (Wildman–Crippen MR) is 112 cm³/mol. The van der Waals surface area contributed by atoms with Crippen molar-refractivity contribution in [1.82, 2.24) is 24.8 Å². The van der Waals surface area contributed by atoms with Crippen molar-refractivity contribution in [2.45, 2.75) is 44.4 Å². The van der Waals surface area contributed by atoms with Gasteiger partial charge in [-0.1, -0.05) is 30.3 Å². The number of nitrogens with zero attached hydrogens (tertiary/aromatic N) is 4. The molecular formula is C22H20F3N5O3. The number of aryl methyl sites for hydroxylation is 1. The van der Waals surface area contributed by atoms with Gasteiger partial charge in [-0.05, 0) is 31.7 Å². The highest BCUT2D eigenvalue weighted by Crippen LogP contribution is 2.39. The van der Waals surface area contributed by atoms with Gasteiger partial charge in [0.2, 0.25) is 5.89 Å². The van der Waals surface area contributed by atoms with E-state index in [1.54, 1.807) is 25.3 Å². The Labute approximate surface area is 185 Å². The molecule has 0 radical (unpaired) electrons. The van der Waals surface area contributed by atoms with Crippen molar-refractivity contribution in [3.05, 3.63) is 58.0 Å². The van der Waals surface area contributed by atoms with Gasteiger partial charge in [-0.25, -0.2) is 4.98 Å². The fourth-order valence-corrected chi connectivity index (χ4v) is 4.48. The Bertz CT molecular complexity index is 1370. The van der Waals surface area contributed by atoms with Gasteiger partial charge in [0, 0.05) is 7.11 Å². The van der Waals surface area contributed by atoms with Crippen molar-refractivity contribution < 1.29 is 22.3 Å². The molecule has 11 heteroatoms. The fourth-order valence-electron chi connectivity index (χ4n) is 4.48. The topological polar surface area (TPSA) is 98.3 Å². The molecule has 0 aliphatic heterocycles. The summed E-state index contributed by atoms with van der Waals surface area (Å²) in [4.78, 5) is 17.6. The summed E-state index contributed by atoms with van der Waals surface area (Å²) < 4.78 is 53.6. The van der Waals surface area contributed by atoms with Crippen LogP contribution in [0.2, 0.25) is 0 Å². The number of H-pyrrole nitrogens is 1. The van der Waals surface area contributed by atoms with Crippen molar-refractivity contribution in [2.75, 3.05) is 7.11 Å². The first-order valence-electron chi connectivity index (χ1n) is 10.4. The van der Waals surface area contributed by atoms with E-state index in [1.807, 2.05) is 0 Å². The van der Waals surface area contributed by atoms with E-state index in [-0.39, 0.29) is 45.9 Å². The highest BCUT2D eigenvalue weighted by molar-refractivity contribution is 5.81. The van der Waals surface area contributed by atoms with E-state index >= 15 is 0 Å². The van der Waals surface area contributed by atoms with Gasteiger partial charge in [0.1, 0.15) is 11.3 Å². The maximum absolute atomic E-state index is 13.8. The average molecular weight is 459 g/mol. The van der Waals surface area contributed by atoms with Crippen molar-refractivity contribution in [2.24, 2.45) is 0 Å². The number of methoxy groups -OCH3 is 1. The SMILES string of the molecule is CO[C@H]1CCCC1c1nnc(-c2c(C)nc3c(-c4ccccc4)c(C(F)(F)F)[nH]n3c2=O)o1.